The molecule has 1 aliphatic rings. The highest BCUT2D eigenvalue weighted by atomic mass is 32.1. The quantitative estimate of drug-likeness (QED) is 0.904. The minimum absolute atomic E-state index is 0.0124. The van der Waals surface area contributed by atoms with Crippen LogP contribution in [0.5, 0.6) is 0 Å². The van der Waals surface area contributed by atoms with E-state index in [0.29, 0.717) is 0 Å². The van der Waals surface area contributed by atoms with Crippen molar-refractivity contribution >= 4 is 17.2 Å². The molecule has 0 spiro atoms. The number of nitrogens with two attached hydrogens (primary N) is 1. The van der Waals surface area contributed by atoms with Gasteiger partial charge in [-0.25, -0.2) is 9.37 Å². The van der Waals surface area contributed by atoms with Crippen LogP contribution < -0.4 is 11.1 Å². The van der Waals surface area contributed by atoms with Crippen LogP contribution in [0.1, 0.15) is 31.4 Å². The molecule has 3 N–H and O–H groups in total. The third-order valence-electron chi connectivity index (χ3n) is 4.10. The molecule has 4 nitrogen and oxygen atoms in total. The second kappa shape index (κ2) is 7.19. The van der Waals surface area contributed by atoms with Crippen molar-refractivity contribution in [2.24, 2.45) is 5.73 Å². The Morgan fingerprint density at radius 2 is 2.13 bits per heavy atom. The van der Waals surface area contributed by atoms with Gasteiger partial charge in [0.15, 0.2) is 0 Å². The van der Waals surface area contributed by atoms with Crippen LogP contribution in [0, 0.1) is 5.82 Å². The van der Waals surface area contributed by atoms with E-state index in [-0.39, 0.29) is 30.2 Å². The first kappa shape index (κ1) is 16.1. The summed E-state index contributed by atoms with van der Waals surface area (Å²) in [6.07, 6.45) is 4.07. The van der Waals surface area contributed by atoms with E-state index in [9.17, 15) is 9.18 Å². The number of thiazole rings is 1. The average molecular weight is 333 g/mol. The standard InChI is InChI=1S/C17H20FN3OS/c18-12-3-1-2-11(8-12)17-21-15(10-23-17)9-16(22)20-14-6-4-13(19)5-7-14/h1-3,8,10,13-14H,4-7,9,19H2,(H,20,22). The highest BCUT2D eigenvalue weighted by Gasteiger charge is 2.20. The number of hydrogen-bond acceptors (Lipinski definition) is 4. The van der Waals surface area contributed by atoms with Gasteiger partial charge in [0.05, 0.1) is 12.1 Å². The number of benzene rings is 1. The Hall–Kier alpha value is -1.79. The number of rotatable bonds is 4. The van der Waals surface area contributed by atoms with E-state index < -0.39 is 0 Å². The summed E-state index contributed by atoms with van der Waals surface area (Å²) in [6, 6.07) is 6.83. The maximum atomic E-state index is 13.3. The summed E-state index contributed by atoms with van der Waals surface area (Å²) < 4.78 is 13.3. The van der Waals surface area contributed by atoms with Crippen LogP contribution >= 0.6 is 11.3 Å². The Balaban J connectivity index is 1.57. The van der Waals surface area contributed by atoms with Gasteiger partial charge in [-0.05, 0) is 37.8 Å². The molecule has 122 valence electrons. The van der Waals surface area contributed by atoms with E-state index in [2.05, 4.69) is 10.3 Å². The van der Waals surface area contributed by atoms with Crippen molar-refractivity contribution < 1.29 is 9.18 Å². The van der Waals surface area contributed by atoms with Gasteiger partial charge in [0.25, 0.3) is 0 Å². The lowest BCUT2D eigenvalue weighted by Crippen LogP contribution is -2.41. The molecule has 0 atom stereocenters. The van der Waals surface area contributed by atoms with Gasteiger partial charge >= 0.3 is 0 Å². The van der Waals surface area contributed by atoms with Crippen LogP contribution in [0.25, 0.3) is 10.6 Å². The highest BCUT2D eigenvalue weighted by Crippen LogP contribution is 2.24. The molecule has 0 unspecified atom stereocenters. The van der Waals surface area contributed by atoms with Gasteiger partial charge in [0.1, 0.15) is 10.8 Å². The Morgan fingerprint density at radius 1 is 1.35 bits per heavy atom. The zero-order valence-corrected chi connectivity index (χ0v) is 13.6. The fraction of sp³-hybridized carbons (Fsp3) is 0.412. The van der Waals surface area contributed by atoms with Crippen molar-refractivity contribution in [1.82, 2.24) is 10.3 Å². The minimum atomic E-state index is -0.285. The summed E-state index contributed by atoms with van der Waals surface area (Å²) in [4.78, 5) is 16.6. The molecule has 1 aromatic carbocycles. The summed E-state index contributed by atoms with van der Waals surface area (Å²) in [5, 5.41) is 5.65. The molecule has 1 amide bonds. The normalized spacial score (nSPS) is 21.1. The molecule has 1 aliphatic carbocycles. The summed E-state index contributed by atoms with van der Waals surface area (Å²) in [5.41, 5.74) is 7.33. The van der Waals surface area contributed by atoms with Gasteiger partial charge < -0.3 is 11.1 Å². The van der Waals surface area contributed by atoms with Crippen LogP contribution in [-0.4, -0.2) is 23.0 Å². The third kappa shape index (κ3) is 4.36. The first-order chi connectivity index (χ1) is 11.1. The molecule has 2 aromatic rings. The lowest BCUT2D eigenvalue weighted by Gasteiger charge is -2.26. The molecule has 0 bridgehead atoms. The predicted molar refractivity (Wildman–Crippen MR) is 89.6 cm³/mol. The molecule has 1 heterocycles. The molecular formula is C17H20FN3OS. The number of nitrogens with zero attached hydrogens (tertiary/aromatic N) is 1. The lowest BCUT2D eigenvalue weighted by molar-refractivity contribution is -0.121. The van der Waals surface area contributed by atoms with E-state index in [1.807, 2.05) is 11.4 Å². The van der Waals surface area contributed by atoms with Gasteiger partial charge in [-0.1, -0.05) is 12.1 Å². The van der Waals surface area contributed by atoms with Gasteiger partial charge in [-0.15, -0.1) is 11.3 Å². The van der Waals surface area contributed by atoms with Gasteiger partial charge in [-0.3, -0.25) is 4.79 Å². The summed E-state index contributed by atoms with van der Waals surface area (Å²) in [5.74, 6) is -0.297. The smallest absolute Gasteiger partial charge is 0.226 e. The molecule has 0 aliphatic heterocycles. The highest BCUT2D eigenvalue weighted by molar-refractivity contribution is 7.13. The predicted octanol–water partition coefficient (Wildman–Crippen LogP) is 2.88. The van der Waals surface area contributed by atoms with E-state index in [1.165, 1.54) is 23.5 Å². The van der Waals surface area contributed by atoms with E-state index in [4.69, 9.17) is 5.73 Å². The Kier molecular flexibility index (Phi) is 5.03. The SMILES string of the molecule is NC1CCC(NC(=O)Cc2csc(-c3cccc(F)c3)n2)CC1. The average Bonchev–Trinajstić information content (AvgIpc) is 2.98. The lowest BCUT2D eigenvalue weighted by atomic mass is 9.92. The molecule has 1 saturated carbocycles. The minimum Gasteiger partial charge on any atom is -0.353 e. The molecule has 0 radical (unpaired) electrons. The van der Waals surface area contributed by atoms with Crippen molar-refractivity contribution in [3.8, 4) is 10.6 Å². The zero-order valence-electron chi connectivity index (χ0n) is 12.8. The van der Waals surface area contributed by atoms with Crippen LogP contribution in [0.3, 0.4) is 0 Å². The fourth-order valence-corrected chi connectivity index (χ4v) is 3.67. The summed E-state index contributed by atoms with van der Waals surface area (Å²) in [6.45, 7) is 0. The fourth-order valence-electron chi connectivity index (χ4n) is 2.85. The first-order valence-corrected chi connectivity index (χ1v) is 8.73. The van der Waals surface area contributed by atoms with Crippen LogP contribution in [0.2, 0.25) is 0 Å². The largest absolute Gasteiger partial charge is 0.353 e. The van der Waals surface area contributed by atoms with Gasteiger partial charge in [0.2, 0.25) is 5.91 Å². The number of nitrogens with one attached hydrogen (secondary N) is 1. The Bertz CT molecular complexity index is 680. The van der Waals surface area contributed by atoms with Crippen molar-refractivity contribution in [2.45, 2.75) is 44.2 Å². The number of hydrogen-bond donors (Lipinski definition) is 2. The Morgan fingerprint density at radius 3 is 2.87 bits per heavy atom. The number of carbonyl (C=O) groups is 1. The molecule has 1 fully saturated rings. The second-order valence-electron chi connectivity index (χ2n) is 6.01. The summed E-state index contributed by atoms with van der Waals surface area (Å²) in [7, 11) is 0. The molecule has 3 rings (SSSR count). The van der Waals surface area contributed by atoms with Crippen molar-refractivity contribution in [3.05, 3.63) is 41.2 Å². The topological polar surface area (TPSA) is 68.0 Å². The van der Waals surface area contributed by atoms with E-state index in [1.54, 1.807) is 6.07 Å². The van der Waals surface area contributed by atoms with Crippen molar-refractivity contribution in [1.29, 1.82) is 0 Å². The second-order valence-corrected chi connectivity index (χ2v) is 6.87. The van der Waals surface area contributed by atoms with Gasteiger partial charge in [-0.2, -0.15) is 0 Å². The van der Waals surface area contributed by atoms with Gasteiger partial charge in [0, 0.05) is 23.0 Å². The zero-order chi connectivity index (χ0) is 16.2. The van der Waals surface area contributed by atoms with Crippen molar-refractivity contribution in [3.63, 3.8) is 0 Å². The summed E-state index contributed by atoms with van der Waals surface area (Å²) >= 11 is 1.43. The van der Waals surface area contributed by atoms with Crippen LogP contribution in [0.15, 0.2) is 29.6 Å². The molecule has 1 aromatic heterocycles. The Labute approximate surface area is 138 Å². The first-order valence-electron chi connectivity index (χ1n) is 7.85. The number of carbonyl (C=O) groups excluding carboxylic acids is 1. The number of halogens is 1. The van der Waals surface area contributed by atoms with Crippen LogP contribution in [-0.2, 0) is 11.2 Å². The number of amides is 1. The monoisotopic (exact) mass is 333 g/mol. The molecule has 23 heavy (non-hydrogen) atoms. The maximum Gasteiger partial charge on any atom is 0.226 e. The third-order valence-corrected chi connectivity index (χ3v) is 5.04. The van der Waals surface area contributed by atoms with E-state index in [0.717, 1.165) is 41.9 Å². The van der Waals surface area contributed by atoms with Crippen LogP contribution in [0.4, 0.5) is 4.39 Å². The molecular weight excluding hydrogens is 313 g/mol. The number of aromatic nitrogens is 1. The molecule has 0 saturated heterocycles. The van der Waals surface area contributed by atoms with E-state index >= 15 is 0 Å². The maximum absolute atomic E-state index is 13.3. The van der Waals surface area contributed by atoms with Crippen molar-refractivity contribution in [2.75, 3.05) is 0 Å². The molecule has 6 heteroatoms.